The largest absolute Gasteiger partial charge is 0.478 e. The van der Waals surface area contributed by atoms with Gasteiger partial charge in [0, 0.05) is 0 Å². The van der Waals surface area contributed by atoms with Crippen LogP contribution in [0.4, 0.5) is 5.69 Å². The Morgan fingerprint density at radius 3 is 3.05 bits per heavy atom. The van der Waals surface area contributed by atoms with Crippen molar-refractivity contribution in [1.29, 1.82) is 0 Å². The van der Waals surface area contributed by atoms with Gasteiger partial charge in [0.1, 0.15) is 5.75 Å². The average Bonchev–Trinajstić information content (AvgIpc) is 3.17. The van der Waals surface area contributed by atoms with E-state index in [2.05, 4.69) is 20.5 Å². The number of nitrogens with one attached hydrogen (secondary N) is 2. The maximum absolute atomic E-state index is 5.96. The first kappa shape index (κ1) is 11.5. The Bertz CT molecular complexity index is 722. The van der Waals surface area contributed by atoms with Crippen LogP contribution in [0.15, 0.2) is 41.8 Å². The third-order valence-electron chi connectivity index (χ3n) is 3.18. The van der Waals surface area contributed by atoms with Crippen molar-refractivity contribution in [2.24, 2.45) is 0 Å². The summed E-state index contributed by atoms with van der Waals surface area (Å²) in [4.78, 5) is 5.58. The molecule has 2 N–H and O–H groups in total. The standard InChI is InChI=1S/C14H12N4OS/c1-2-5-10-9(4-1)15-8-11(19-10)13-16-14(18-17-13)12-6-3-7-20-12/h1-7,11,15H,8H2,(H,16,17,18). The number of rotatable bonds is 2. The van der Waals surface area contributed by atoms with Gasteiger partial charge in [-0.25, -0.2) is 4.98 Å². The van der Waals surface area contributed by atoms with Gasteiger partial charge in [-0.05, 0) is 23.6 Å². The number of fused-ring (bicyclic) bond motifs is 1. The maximum Gasteiger partial charge on any atom is 0.191 e. The minimum absolute atomic E-state index is 0.147. The van der Waals surface area contributed by atoms with Gasteiger partial charge in [0.15, 0.2) is 17.8 Å². The van der Waals surface area contributed by atoms with Crippen LogP contribution in [0.5, 0.6) is 5.75 Å². The van der Waals surface area contributed by atoms with Gasteiger partial charge in [-0.15, -0.1) is 11.3 Å². The molecule has 0 saturated heterocycles. The van der Waals surface area contributed by atoms with E-state index in [-0.39, 0.29) is 6.10 Å². The fourth-order valence-corrected chi connectivity index (χ4v) is 2.86. The predicted octanol–water partition coefficient (Wildman–Crippen LogP) is 3.08. The molecule has 0 radical (unpaired) electrons. The Labute approximate surface area is 119 Å². The van der Waals surface area contributed by atoms with Gasteiger partial charge in [-0.1, -0.05) is 18.2 Å². The molecule has 1 aliphatic rings. The molecule has 100 valence electrons. The van der Waals surface area contributed by atoms with Gasteiger partial charge in [0.05, 0.1) is 17.1 Å². The van der Waals surface area contributed by atoms with E-state index >= 15 is 0 Å². The lowest BCUT2D eigenvalue weighted by molar-refractivity contribution is 0.201. The zero-order valence-electron chi connectivity index (χ0n) is 10.5. The number of aromatic amines is 1. The second kappa shape index (κ2) is 4.64. The Balaban J connectivity index is 1.60. The summed E-state index contributed by atoms with van der Waals surface area (Å²) in [6, 6.07) is 11.9. The fraction of sp³-hybridized carbons (Fsp3) is 0.143. The van der Waals surface area contributed by atoms with Crippen LogP contribution in [-0.4, -0.2) is 21.7 Å². The Morgan fingerprint density at radius 2 is 2.15 bits per heavy atom. The van der Waals surface area contributed by atoms with Crippen molar-refractivity contribution >= 4 is 17.0 Å². The van der Waals surface area contributed by atoms with Crippen molar-refractivity contribution in [3.8, 4) is 16.5 Å². The van der Waals surface area contributed by atoms with Crippen LogP contribution in [0.1, 0.15) is 11.9 Å². The number of anilines is 1. The Kier molecular flexibility index (Phi) is 2.67. The number of H-pyrrole nitrogens is 1. The SMILES string of the molecule is c1csc(-c2n[nH]c(C3CNc4ccccc4O3)n2)c1. The van der Waals surface area contributed by atoms with Gasteiger partial charge in [-0.3, -0.25) is 5.10 Å². The highest BCUT2D eigenvalue weighted by Gasteiger charge is 2.24. The molecule has 3 heterocycles. The molecule has 1 atom stereocenters. The number of hydrogen-bond acceptors (Lipinski definition) is 5. The first-order valence-corrected chi connectivity index (χ1v) is 7.24. The van der Waals surface area contributed by atoms with Gasteiger partial charge in [-0.2, -0.15) is 5.10 Å². The molecular weight excluding hydrogens is 272 g/mol. The molecule has 4 rings (SSSR count). The van der Waals surface area contributed by atoms with E-state index in [0.717, 1.165) is 28.0 Å². The van der Waals surface area contributed by atoms with Gasteiger partial charge in [0.2, 0.25) is 0 Å². The fourth-order valence-electron chi connectivity index (χ4n) is 2.20. The van der Waals surface area contributed by atoms with Crippen LogP contribution < -0.4 is 10.1 Å². The first-order valence-electron chi connectivity index (χ1n) is 6.36. The van der Waals surface area contributed by atoms with E-state index in [1.54, 1.807) is 11.3 Å². The van der Waals surface area contributed by atoms with Crippen molar-refractivity contribution in [2.45, 2.75) is 6.10 Å². The lowest BCUT2D eigenvalue weighted by atomic mass is 10.2. The molecule has 0 aliphatic carbocycles. The minimum Gasteiger partial charge on any atom is -0.478 e. The molecular formula is C14H12N4OS. The molecule has 20 heavy (non-hydrogen) atoms. The van der Waals surface area contributed by atoms with Crippen LogP contribution >= 0.6 is 11.3 Å². The van der Waals surface area contributed by atoms with Crippen molar-refractivity contribution in [3.05, 3.63) is 47.6 Å². The summed E-state index contributed by atoms with van der Waals surface area (Å²) in [5.74, 6) is 2.31. The molecule has 2 aromatic heterocycles. The zero-order chi connectivity index (χ0) is 13.4. The number of benzene rings is 1. The molecule has 1 aliphatic heterocycles. The smallest absolute Gasteiger partial charge is 0.191 e. The normalized spacial score (nSPS) is 17.1. The summed E-state index contributed by atoms with van der Waals surface area (Å²) in [6.07, 6.45) is -0.147. The lowest BCUT2D eigenvalue weighted by Gasteiger charge is -2.25. The number of hydrogen-bond donors (Lipinski definition) is 2. The number of nitrogens with zero attached hydrogens (tertiary/aromatic N) is 2. The molecule has 1 unspecified atom stereocenters. The molecule has 3 aromatic rings. The average molecular weight is 284 g/mol. The van der Waals surface area contributed by atoms with Crippen molar-refractivity contribution in [2.75, 3.05) is 11.9 Å². The molecule has 5 nitrogen and oxygen atoms in total. The summed E-state index contributed by atoms with van der Waals surface area (Å²) >= 11 is 1.62. The summed E-state index contributed by atoms with van der Waals surface area (Å²) in [7, 11) is 0. The van der Waals surface area contributed by atoms with Gasteiger partial charge >= 0.3 is 0 Å². The van der Waals surface area contributed by atoms with E-state index in [1.807, 2.05) is 41.8 Å². The highest BCUT2D eigenvalue weighted by Crippen LogP contribution is 2.33. The molecule has 1 aromatic carbocycles. The Hall–Kier alpha value is -2.34. The third kappa shape index (κ3) is 1.94. The molecule has 0 bridgehead atoms. The van der Waals surface area contributed by atoms with Crippen LogP contribution in [-0.2, 0) is 0 Å². The van der Waals surface area contributed by atoms with Crippen LogP contribution in [0.2, 0.25) is 0 Å². The third-order valence-corrected chi connectivity index (χ3v) is 4.05. The summed E-state index contributed by atoms with van der Waals surface area (Å²) in [6.45, 7) is 0.677. The lowest BCUT2D eigenvalue weighted by Crippen LogP contribution is -2.24. The molecule has 0 saturated carbocycles. The summed E-state index contributed by atoms with van der Waals surface area (Å²) in [5.41, 5.74) is 1.02. The van der Waals surface area contributed by atoms with Gasteiger partial charge in [0.25, 0.3) is 0 Å². The molecule has 6 heteroatoms. The van der Waals surface area contributed by atoms with Gasteiger partial charge < -0.3 is 10.1 Å². The number of aromatic nitrogens is 3. The van der Waals surface area contributed by atoms with E-state index < -0.39 is 0 Å². The molecule has 0 fully saturated rings. The Morgan fingerprint density at radius 1 is 1.20 bits per heavy atom. The minimum atomic E-state index is -0.147. The zero-order valence-corrected chi connectivity index (χ0v) is 11.4. The van der Waals surface area contributed by atoms with E-state index in [9.17, 15) is 0 Å². The monoisotopic (exact) mass is 284 g/mol. The second-order valence-corrected chi connectivity index (χ2v) is 5.45. The number of para-hydroxylation sites is 2. The highest BCUT2D eigenvalue weighted by molar-refractivity contribution is 7.13. The first-order chi connectivity index (χ1) is 9.90. The van der Waals surface area contributed by atoms with E-state index in [0.29, 0.717) is 6.54 Å². The maximum atomic E-state index is 5.96. The number of ether oxygens (including phenoxy) is 1. The van der Waals surface area contributed by atoms with Crippen LogP contribution in [0.25, 0.3) is 10.7 Å². The highest BCUT2D eigenvalue weighted by atomic mass is 32.1. The van der Waals surface area contributed by atoms with E-state index in [4.69, 9.17) is 4.74 Å². The number of thiophene rings is 1. The predicted molar refractivity (Wildman–Crippen MR) is 78.0 cm³/mol. The second-order valence-electron chi connectivity index (χ2n) is 4.51. The van der Waals surface area contributed by atoms with Crippen LogP contribution in [0.3, 0.4) is 0 Å². The van der Waals surface area contributed by atoms with Crippen molar-refractivity contribution in [1.82, 2.24) is 15.2 Å². The molecule has 0 spiro atoms. The summed E-state index contributed by atoms with van der Waals surface area (Å²) in [5, 5.41) is 12.6. The van der Waals surface area contributed by atoms with E-state index in [1.165, 1.54) is 0 Å². The quantitative estimate of drug-likeness (QED) is 0.759. The molecule has 0 amide bonds. The van der Waals surface area contributed by atoms with Crippen molar-refractivity contribution in [3.63, 3.8) is 0 Å². The topological polar surface area (TPSA) is 62.8 Å². The summed E-state index contributed by atoms with van der Waals surface area (Å²) < 4.78 is 5.96. The van der Waals surface area contributed by atoms with Crippen LogP contribution in [0, 0.1) is 0 Å². The van der Waals surface area contributed by atoms with Crippen molar-refractivity contribution < 1.29 is 4.74 Å².